The lowest BCUT2D eigenvalue weighted by Gasteiger charge is -2.12. The SMILES string of the molecule is Cc1nn(C2CCS(=O)(=O)C2)c2nc(-c3ccccc3)cc(C(=O)Nc3cccc(Cl)c3)c12. The van der Waals surface area contributed by atoms with E-state index in [1.165, 1.54) is 0 Å². The molecular formula is C24H21ClN4O3S. The molecule has 0 saturated carbocycles. The molecule has 0 aliphatic carbocycles. The summed E-state index contributed by atoms with van der Waals surface area (Å²) in [5, 5.41) is 8.66. The normalized spacial score (nSPS) is 17.3. The fraction of sp³-hybridized carbons (Fsp3) is 0.208. The summed E-state index contributed by atoms with van der Waals surface area (Å²) in [7, 11) is -3.12. The van der Waals surface area contributed by atoms with E-state index in [-0.39, 0.29) is 23.5 Å². The quantitative estimate of drug-likeness (QED) is 0.458. The second kappa shape index (κ2) is 8.28. The van der Waals surface area contributed by atoms with Crippen LogP contribution in [-0.4, -0.2) is 40.6 Å². The van der Waals surface area contributed by atoms with Gasteiger partial charge in [0.15, 0.2) is 15.5 Å². The molecule has 1 aliphatic rings. The highest BCUT2D eigenvalue weighted by molar-refractivity contribution is 7.91. The van der Waals surface area contributed by atoms with Gasteiger partial charge in [-0.25, -0.2) is 18.1 Å². The van der Waals surface area contributed by atoms with Crippen LogP contribution >= 0.6 is 11.6 Å². The topological polar surface area (TPSA) is 93.9 Å². The van der Waals surface area contributed by atoms with Gasteiger partial charge in [0.05, 0.1) is 39.9 Å². The molecule has 1 aliphatic heterocycles. The number of sulfone groups is 1. The highest BCUT2D eigenvalue weighted by Crippen LogP contribution is 2.32. The summed E-state index contributed by atoms with van der Waals surface area (Å²) in [5.41, 5.74) is 3.58. The number of amides is 1. The molecule has 2 aromatic heterocycles. The van der Waals surface area contributed by atoms with Crippen LogP contribution in [0.3, 0.4) is 0 Å². The van der Waals surface area contributed by atoms with Crippen molar-refractivity contribution in [3.8, 4) is 11.3 Å². The van der Waals surface area contributed by atoms with Crippen molar-refractivity contribution in [3.05, 3.63) is 76.9 Å². The van der Waals surface area contributed by atoms with Crippen molar-refractivity contribution in [2.75, 3.05) is 16.8 Å². The summed E-state index contributed by atoms with van der Waals surface area (Å²) in [4.78, 5) is 18.2. The van der Waals surface area contributed by atoms with E-state index in [9.17, 15) is 13.2 Å². The van der Waals surface area contributed by atoms with E-state index in [2.05, 4.69) is 10.4 Å². The van der Waals surface area contributed by atoms with E-state index in [0.29, 0.717) is 45.1 Å². The Labute approximate surface area is 196 Å². The van der Waals surface area contributed by atoms with Crippen LogP contribution in [-0.2, 0) is 9.84 Å². The molecule has 9 heteroatoms. The van der Waals surface area contributed by atoms with E-state index in [0.717, 1.165) is 5.56 Å². The summed E-state index contributed by atoms with van der Waals surface area (Å²) < 4.78 is 25.9. The number of rotatable bonds is 4. The number of benzene rings is 2. The smallest absolute Gasteiger partial charge is 0.256 e. The molecule has 33 heavy (non-hydrogen) atoms. The van der Waals surface area contributed by atoms with E-state index in [4.69, 9.17) is 16.6 Å². The van der Waals surface area contributed by atoms with Crippen LogP contribution in [0.15, 0.2) is 60.7 Å². The van der Waals surface area contributed by atoms with Crippen LogP contribution in [0.2, 0.25) is 5.02 Å². The first-order valence-corrected chi connectivity index (χ1v) is 12.7. The second-order valence-electron chi connectivity index (χ2n) is 8.17. The van der Waals surface area contributed by atoms with Gasteiger partial charge in [0.25, 0.3) is 5.91 Å². The molecule has 2 aromatic carbocycles. The molecule has 7 nitrogen and oxygen atoms in total. The summed E-state index contributed by atoms with van der Waals surface area (Å²) in [6, 6.07) is 17.9. The molecule has 1 amide bonds. The summed E-state index contributed by atoms with van der Waals surface area (Å²) in [6.07, 6.45) is 0.472. The third-order valence-corrected chi connectivity index (χ3v) is 7.77. The highest BCUT2D eigenvalue weighted by Gasteiger charge is 2.32. The van der Waals surface area contributed by atoms with Crippen molar-refractivity contribution in [2.45, 2.75) is 19.4 Å². The Bertz CT molecular complexity index is 1480. The van der Waals surface area contributed by atoms with Gasteiger partial charge in [0.2, 0.25) is 0 Å². The fourth-order valence-corrected chi connectivity index (χ4v) is 6.12. The number of carbonyl (C=O) groups excluding carboxylic acids is 1. The molecule has 1 atom stereocenters. The van der Waals surface area contributed by atoms with Gasteiger partial charge >= 0.3 is 0 Å². The van der Waals surface area contributed by atoms with Gasteiger partial charge in [-0.1, -0.05) is 48.0 Å². The number of fused-ring (bicyclic) bond motifs is 1. The molecule has 1 unspecified atom stereocenters. The van der Waals surface area contributed by atoms with Gasteiger partial charge in [-0.3, -0.25) is 4.79 Å². The Morgan fingerprint density at radius 2 is 1.91 bits per heavy atom. The first-order chi connectivity index (χ1) is 15.8. The number of nitrogens with one attached hydrogen (secondary N) is 1. The Hall–Kier alpha value is -3.23. The molecule has 3 heterocycles. The molecule has 4 aromatic rings. The van der Waals surface area contributed by atoms with Gasteiger partial charge in [-0.15, -0.1) is 0 Å². The number of aryl methyl sites for hydroxylation is 1. The molecule has 0 bridgehead atoms. The number of hydrogen-bond donors (Lipinski definition) is 1. The summed E-state index contributed by atoms with van der Waals surface area (Å²) >= 11 is 6.08. The van der Waals surface area contributed by atoms with Crippen molar-refractivity contribution in [1.82, 2.24) is 14.8 Å². The van der Waals surface area contributed by atoms with Crippen molar-refractivity contribution in [1.29, 1.82) is 0 Å². The molecule has 0 radical (unpaired) electrons. The van der Waals surface area contributed by atoms with Crippen LogP contribution < -0.4 is 5.32 Å². The Balaban J connectivity index is 1.68. The number of halogens is 1. The first-order valence-electron chi connectivity index (χ1n) is 10.5. The van der Waals surface area contributed by atoms with Gasteiger partial charge in [0, 0.05) is 16.3 Å². The average Bonchev–Trinajstić information content (AvgIpc) is 3.32. The third kappa shape index (κ3) is 4.24. The van der Waals surface area contributed by atoms with Crippen molar-refractivity contribution in [3.63, 3.8) is 0 Å². The predicted molar refractivity (Wildman–Crippen MR) is 129 cm³/mol. The van der Waals surface area contributed by atoms with E-state index < -0.39 is 9.84 Å². The number of anilines is 1. The monoisotopic (exact) mass is 480 g/mol. The van der Waals surface area contributed by atoms with Crippen LogP contribution in [0, 0.1) is 6.92 Å². The van der Waals surface area contributed by atoms with Crippen molar-refractivity contribution < 1.29 is 13.2 Å². The minimum atomic E-state index is -3.12. The van der Waals surface area contributed by atoms with Crippen molar-refractivity contribution in [2.24, 2.45) is 0 Å². The van der Waals surface area contributed by atoms with Crippen LogP contribution in [0.5, 0.6) is 0 Å². The first kappa shape index (κ1) is 21.6. The Morgan fingerprint density at radius 3 is 2.61 bits per heavy atom. The molecule has 5 rings (SSSR count). The van der Waals surface area contributed by atoms with Crippen LogP contribution in [0.1, 0.15) is 28.5 Å². The van der Waals surface area contributed by atoms with Crippen molar-refractivity contribution >= 4 is 44.1 Å². The maximum absolute atomic E-state index is 13.4. The van der Waals surface area contributed by atoms with Gasteiger partial charge in [-0.05, 0) is 37.6 Å². The lowest BCUT2D eigenvalue weighted by atomic mass is 10.0. The lowest BCUT2D eigenvalue weighted by Crippen LogP contribution is -2.15. The van der Waals surface area contributed by atoms with E-state index in [1.54, 1.807) is 35.0 Å². The molecule has 1 fully saturated rings. The van der Waals surface area contributed by atoms with Crippen LogP contribution in [0.25, 0.3) is 22.3 Å². The zero-order valence-corrected chi connectivity index (χ0v) is 19.4. The highest BCUT2D eigenvalue weighted by atomic mass is 35.5. The summed E-state index contributed by atoms with van der Waals surface area (Å²) in [5.74, 6) is -0.174. The fourth-order valence-electron chi connectivity index (χ4n) is 4.24. The summed E-state index contributed by atoms with van der Waals surface area (Å²) in [6.45, 7) is 1.81. The molecule has 168 valence electrons. The largest absolute Gasteiger partial charge is 0.322 e. The van der Waals surface area contributed by atoms with E-state index in [1.807, 2.05) is 37.3 Å². The maximum atomic E-state index is 13.4. The Morgan fingerprint density at radius 1 is 1.12 bits per heavy atom. The van der Waals surface area contributed by atoms with Crippen LogP contribution in [0.4, 0.5) is 5.69 Å². The second-order valence-corrected chi connectivity index (χ2v) is 10.8. The van der Waals surface area contributed by atoms with Gasteiger partial charge < -0.3 is 5.32 Å². The molecule has 1 N–H and O–H groups in total. The number of carbonyl (C=O) groups is 1. The maximum Gasteiger partial charge on any atom is 0.256 e. The number of pyridine rings is 1. The third-order valence-electron chi connectivity index (χ3n) is 5.79. The zero-order valence-electron chi connectivity index (χ0n) is 17.8. The molecule has 1 saturated heterocycles. The number of aromatic nitrogens is 3. The minimum absolute atomic E-state index is 0.0184. The van der Waals surface area contributed by atoms with E-state index >= 15 is 0 Å². The Kier molecular flexibility index (Phi) is 5.42. The standard InChI is InChI=1S/C24H21ClN4O3S/c1-15-22-20(24(30)26-18-9-5-8-17(25)12-18)13-21(16-6-3-2-4-7-16)27-23(22)29(28-15)19-10-11-33(31,32)14-19/h2-9,12-13,19H,10-11,14H2,1H3,(H,26,30). The zero-order chi connectivity index (χ0) is 23.2. The number of hydrogen-bond acceptors (Lipinski definition) is 5. The molecular weight excluding hydrogens is 460 g/mol. The average molecular weight is 481 g/mol. The number of nitrogens with zero attached hydrogens (tertiary/aromatic N) is 3. The minimum Gasteiger partial charge on any atom is -0.322 e. The van der Waals surface area contributed by atoms with Gasteiger partial charge in [0.1, 0.15) is 0 Å². The lowest BCUT2D eigenvalue weighted by molar-refractivity contribution is 0.102. The predicted octanol–water partition coefficient (Wildman–Crippen LogP) is 4.67. The van der Waals surface area contributed by atoms with Gasteiger partial charge in [-0.2, -0.15) is 5.10 Å². The molecule has 0 spiro atoms.